The predicted molar refractivity (Wildman–Crippen MR) is 216 cm³/mol. The molecule has 0 fully saturated rings. The van der Waals surface area contributed by atoms with Crippen molar-refractivity contribution in [3.8, 4) is 55.6 Å². The predicted octanol–water partition coefficient (Wildman–Crippen LogP) is 14.2. The summed E-state index contributed by atoms with van der Waals surface area (Å²) in [6.45, 7) is 6.93. The van der Waals surface area contributed by atoms with Crippen molar-refractivity contribution >= 4 is 43.1 Å². The van der Waals surface area contributed by atoms with E-state index in [1.807, 2.05) is 0 Å². The topological polar surface area (TPSA) is 0 Å². The smallest absolute Gasteiger partial charge is 0.00201 e. The quantitative estimate of drug-likeness (QED) is 0.169. The summed E-state index contributed by atoms with van der Waals surface area (Å²) in [5.41, 5.74) is 14.3. The maximum Gasteiger partial charge on any atom is -0.00201 e. The summed E-state index contributed by atoms with van der Waals surface area (Å²) in [6, 6.07) is 61.3. The summed E-state index contributed by atoms with van der Waals surface area (Å²) >= 11 is 0. The fourth-order valence-electron chi connectivity index (χ4n) is 8.49. The van der Waals surface area contributed by atoms with E-state index >= 15 is 0 Å². The molecular formula is C50H36. The van der Waals surface area contributed by atoms with Gasteiger partial charge in [0.05, 0.1) is 0 Å². The van der Waals surface area contributed by atoms with Gasteiger partial charge >= 0.3 is 0 Å². The molecule has 9 aromatic carbocycles. The average molecular weight is 637 g/mol. The number of hydrogen-bond acceptors (Lipinski definition) is 0. The Bertz CT molecular complexity index is 2800. The summed E-state index contributed by atoms with van der Waals surface area (Å²) in [7, 11) is 0. The lowest BCUT2D eigenvalue weighted by atomic mass is 9.81. The monoisotopic (exact) mass is 636 g/mol. The summed E-state index contributed by atoms with van der Waals surface area (Å²) in [5, 5.41) is 10.4. The van der Waals surface area contributed by atoms with Crippen LogP contribution in [0.25, 0.3) is 98.7 Å². The molecule has 50 heavy (non-hydrogen) atoms. The van der Waals surface area contributed by atoms with Gasteiger partial charge in [0.25, 0.3) is 0 Å². The van der Waals surface area contributed by atoms with E-state index in [2.05, 4.69) is 185 Å². The van der Waals surface area contributed by atoms with E-state index in [4.69, 9.17) is 0 Å². The van der Waals surface area contributed by atoms with Crippen LogP contribution in [0.2, 0.25) is 0 Å². The van der Waals surface area contributed by atoms with Gasteiger partial charge in [0, 0.05) is 0 Å². The van der Waals surface area contributed by atoms with Crippen LogP contribution in [0.15, 0.2) is 164 Å². The van der Waals surface area contributed by atoms with Gasteiger partial charge in [-0.2, -0.15) is 0 Å². The molecule has 0 saturated heterocycles. The Morgan fingerprint density at radius 3 is 1.60 bits per heavy atom. The lowest BCUT2D eigenvalue weighted by Crippen LogP contribution is -2.10. The highest BCUT2D eigenvalue weighted by molar-refractivity contribution is 6.22. The first-order chi connectivity index (χ1) is 24.4. The highest BCUT2D eigenvalue weighted by atomic mass is 14.3. The Balaban J connectivity index is 1.19. The third-order valence-corrected chi connectivity index (χ3v) is 11.0. The second kappa shape index (κ2) is 10.8. The first kappa shape index (κ1) is 29.0. The molecule has 0 nitrogen and oxygen atoms in total. The molecule has 0 aliphatic heterocycles. The van der Waals surface area contributed by atoms with Crippen molar-refractivity contribution < 1.29 is 0 Å². The zero-order valence-electron chi connectivity index (χ0n) is 28.6. The number of rotatable bonds is 3. The molecule has 0 amide bonds. The highest BCUT2D eigenvalue weighted by Gasteiger charge is 2.23. The number of hydrogen-bond donors (Lipinski definition) is 0. The van der Waals surface area contributed by atoms with Gasteiger partial charge in [-0.1, -0.05) is 172 Å². The molecule has 0 unspecified atom stereocenters. The summed E-state index contributed by atoms with van der Waals surface area (Å²) in [4.78, 5) is 0. The molecule has 236 valence electrons. The van der Waals surface area contributed by atoms with Crippen molar-refractivity contribution in [2.24, 2.45) is 0 Å². The van der Waals surface area contributed by atoms with Crippen LogP contribution in [0.1, 0.15) is 26.3 Å². The van der Waals surface area contributed by atoms with E-state index in [1.165, 1.54) is 104 Å². The minimum Gasteiger partial charge on any atom is -0.0616 e. The van der Waals surface area contributed by atoms with E-state index in [0.717, 1.165) is 0 Å². The van der Waals surface area contributed by atoms with Gasteiger partial charge in [0.2, 0.25) is 0 Å². The first-order valence-corrected chi connectivity index (χ1v) is 17.7. The second-order valence-corrected chi connectivity index (χ2v) is 14.9. The van der Waals surface area contributed by atoms with E-state index in [-0.39, 0.29) is 5.41 Å². The molecule has 0 heteroatoms. The van der Waals surface area contributed by atoms with Crippen LogP contribution in [-0.4, -0.2) is 0 Å². The van der Waals surface area contributed by atoms with E-state index in [9.17, 15) is 0 Å². The van der Waals surface area contributed by atoms with Crippen molar-refractivity contribution in [3.63, 3.8) is 0 Å². The van der Waals surface area contributed by atoms with Crippen molar-refractivity contribution in [2.45, 2.75) is 26.2 Å². The Morgan fingerprint density at radius 2 is 0.860 bits per heavy atom. The zero-order valence-corrected chi connectivity index (χ0v) is 28.6. The number of fused-ring (bicyclic) bond motifs is 6. The zero-order chi connectivity index (χ0) is 33.6. The highest BCUT2D eigenvalue weighted by Crippen LogP contribution is 2.50. The van der Waals surface area contributed by atoms with Gasteiger partial charge < -0.3 is 0 Å². The Morgan fingerprint density at radius 1 is 0.320 bits per heavy atom. The van der Waals surface area contributed by atoms with Crippen molar-refractivity contribution in [3.05, 3.63) is 169 Å². The molecule has 10 rings (SSSR count). The Kier molecular flexibility index (Phi) is 6.24. The largest absolute Gasteiger partial charge is 0.0616 e. The van der Waals surface area contributed by atoms with Gasteiger partial charge in [-0.25, -0.2) is 0 Å². The maximum absolute atomic E-state index is 2.45. The van der Waals surface area contributed by atoms with E-state index in [1.54, 1.807) is 0 Å². The average Bonchev–Trinajstić information content (AvgIpc) is 3.48. The lowest BCUT2D eigenvalue weighted by molar-refractivity contribution is 0.591. The minimum absolute atomic E-state index is 0.0311. The van der Waals surface area contributed by atoms with Crippen LogP contribution in [0.4, 0.5) is 0 Å². The SMILES string of the molecule is CC(C)(C)c1ccc2c(-c3ccc(-c4ccc5c6c(cccc46)-c4ccccc4-5)cc3)c3ccccc3c(-c3ccc4ccccc4c3)c2c1. The fraction of sp³-hybridized carbons (Fsp3) is 0.0800. The van der Waals surface area contributed by atoms with Crippen LogP contribution in [-0.2, 0) is 5.41 Å². The molecule has 0 bridgehead atoms. The molecule has 0 aromatic heterocycles. The third-order valence-electron chi connectivity index (χ3n) is 11.0. The van der Waals surface area contributed by atoms with Gasteiger partial charge in [-0.05, 0) is 122 Å². The number of benzene rings is 9. The molecule has 0 spiro atoms. The molecule has 1 aliphatic rings. The van der Waals surface area contributed by atoms with Gasteiger partial charge in [0.1, 0.15) is 0 Å². The maximum atomic E-state index is 2.45. The lowest BCUT2D eigenvalue weighted by Gasteiger charge is -2.23. The van der Waals surface area contributed by atoms with Gasteiger partial charge in [-0.15, -0.1) is 0 Å². The minimum atomic E-state index is 0.0311. The molecule has 0 saturated carbocycles. The summed E-state index contributed by atoms with van der Waals surface area (Å²) in [6.07, 6.45) is 0. The standard InChI is InChI=1S/C50H36/c1-50(2,3)36-25-26-45-46(30-36)48(35-24-19-31-11-4-5-12-34(31)29-35)43-16-9-8-15-42(43)47(45)33-22-20-32(21-23-33)37-27-28-44-39-14-7-6-13-38(39)41-18-10-17-40(37)49(41)44/h4-30H,1-3H3. The molecular weight excluding hydrogens is 601 g/mol. The Hall–Kier alpha value is -5.98. The van der Waals surface area contributed by atoms with Crippen LogP contribution in [0.5, 0.6) is 0 Å². The second-order valence-electron chi connectivity index (χ2n) is 14.9. The van der Waals surface area contributed by atoms with Crippen molar-refractivity contribution in [1.29, 1.82) is 0 Å². The van der Waals surface area contributed by atoms with E-state index < -0.39 is 0 Å². The summed E-state index contributed by atoms with van der Waals surface area (Å²) in [5.74, 6) is 0. The van der Waals surface area contributed by atoms with Gasteiger partial charge in [-0.3, -0.25) is 0 Å². The third kappa shape index (κ3) is 4.31. The van der Waals surface area contributed by atoms with Crippen LogP contribution in [0.3, 0.4) is 0 Å². The molecule has 0 heterocycles. The fourth-order valence-corrected chi connectivity index (χ4v) is 8.49. The Labute approximate surface area is 293 Å². The van der Waals surface area contributed by atoms with Crippen molar-refractivity contribution in [2.75, 3.05) is 0 Å². The summed E-state index contributed by atoms with van der Waals surface area (Å²) < 4.78 is 0. The molecule has 9 aromatic rings. The molecule has 0 radical (unpaired) electrons. The van der Waals surface area contributed by atoms with E-state index in [0.29, 0.717) is 0 Å². The van der Waals surface area contributed by atoms with Crippen molar-refractivity contribution in [1.82, 2.24) is 0 Å². The molecule has 1 aliphatic carbocycles. The molecule has 0 N–H and O–H groups in total. The van der Waals surface area contributed by atoms with Crippen LogP contribution < -0.4 is 0 Å². The van der Waals surface area contributed by atoms with Gasteiger partial charge in [0.15, 0.2) is 0 Å². The first-order valence-electron chi connectivity index (χ1n) is 17.7. The van der Waals surface area contributed by atoms with Crippen LogP contribution >= 0.6 is 0 Å². The molecule has 0 atom stereocenters. The van der Waals surface area contributed by atoms with Crippen LogP contribution in [0, 0.1) is 0 Å². The normalized spacial score (nSPS) is 12.3.